The minimum absolute atomic E-state index is 0.259. The van der Waals surface area contributed by atoms with Gasteiger partial charge in [0.2, 0.25) is 0 Å². The summed E-state index contributed by atoms with van der Waals surface area (Å²) >= 11 is 0. The van der Waals surface area contributed by atoms with Gasteiger partial charge in [0.05, 0.1) is 17.7 Å². The Balaban J connectivity index is 1.57. The standard InChI is InChI=1S/C19H17N7O/c1-12(17-23-11-24-26(17)19-21-5-2-6-22-19)25-18(27)16-8-13(10-20)7-15(9-16)14-3-4-14/h2,5-9,11-12,14H,3-4H2,1H3,(H,25,27)/t12-/m0/s1. The molecule has 0 bridgehead atoms. The topological polar surface area (TPSA) is 109 Å². The molecule has 27 heavy (non-hydrogen) atoms. The van der Waals surface area contributed by atoms with Gasteiger partial charge in [0.1, 0.15) is 6.33 Å². The number of nitriles is 1. The van der Waals surface area contributed by atoms with Crippen LogP contribution in [0.5, 0.6) is 0 Å². The minimum Gasteiger partial charge on any atom is -0.342 e. The Morgan fingerprint density at radius 2 is 2.04 bits per heavy atom. The third-order valence-corrected chi connectivity index (χ3v) is 4.45. The predicted molar refractivity (Wildman–Crippen MR) is 96.0 cm³/mol. The Morgan fingerprint density at radius 1 is 1.26 bits per heavy atom. The first-order valence-corrected chi connectivity index (χ1v) is 8.69. The molecule has 1 saturated carbocycles. The van der Waals surface area contributed by atoms with Gasteiger partial charge in [0, 0.05) is 18.0 Å². The summed E-state index contributed by atoms with van der Waals surface area (Å²) in [4.78, 5) is 25.3. The van der Waals surface area contributed by atoms with E-state index < -0.39 is 6.04 Å². The second-order valence-electron chi connectivity index (χ2n) is 6.50. The number of hydrogen-bond donors (Lipinski definition) is 1. The molecule has 8 heteroatoms. The Labute approximate surface area is 155 Å². The molecule has 0 radical (unpaired) electrons. The first kappa shape index (κ1) is 16.8. The third-order valence-electron chi connectivity index (χ3n) is 4.45. The number of rotatable bonds is 5. The molecule has 1 aliphatic carbocycles. The molecule has 8 nitrogen and oxygen atoms in total. The van der Waals surface area contributed by atoms with Gasteiger partial charge in [-0.3, -0.25) is 4.79 Å². The van der Waals surface area contributed by atoms with E-state index in [0.717, 1.165) is 18.4 Å². The average Bonchev–Trinajstić information content (AvgIpc) is 3.44. The van der Waals surface area contributed by atoms with E-state index in [2.05, 4.69) is 31.4 Å². The molecular formula is C19H17N7O. The smallest absolute Gasteiger partial charge is 0.252 e. The third kappa shape index (κ3) is 3.53. The van der Waals surface area contributed by atoms with E-state index in [1.807, 2.05) is 19.1 Å². The highest BCUT2D eigenvalue weighted by Gasteiger charge is 2.25. The van der Waals surface area contributed by atoms with Crippen molar-refractivity contribution in [2.45, 2.75) is 31.7 Å². The number of benzene rings is 1. The Morgan fingerprint density at radius 3 is 2.74 bits per heavy atom. The van der Waals surface area contributed by atoms with Gasteiger partial charge in [-0.15, -0.1) is 0 Å². The van der Waals surface area contributed by atoms with Crippen molar-refractivity contribution in [3.05, 3.63) is 65.5 Å². The zero-order valence-electron chi connectivity index (χ0n) is 14.7. The maximum atomic E-state index is 12.8. The van der Waals surface area contributed by atoms with Crippen LogP contribution in [-0.4, -0.2) is 30.6 Å². The summed E-state index contributed by atoms with van der Waals surface area (Å²) in [6, 6.07) is 8.77. The van der Waals surface area contributed by atoms with Crippen LogP contribution >= 0.6 is 0 Å². The molecule has 0 unspecified atom stereocenters. The molecular weight excluding hydrogens is 342 g/mol. The number of nitrogens with one attached hydrogen (secondary N) is 1. The molecule has 2 aromatic heterocycles. The summed E-state index contributed by atoms with van der Waals surface area (Å²) in [6.07, 6.45) is 6.84. The summed E-state index contributed by atoms with van der Waals surface area (Å²) in [6.45, 7) is 1.82. The van der Waals surface area contributed by atoms with E-state index in [9.17, 15) is 10.1 Å². The first-order valence-electron chi connectivity index (χ1n) is 8.69. The van der Waals surface area contributed by atoms with Crippen LogP contribution in [0.2, 0.25) is 0 Å². The van der Waals surface area contributed by atoms with Gasteiger partial charge in [-0.25, -0.2) is 15.0 Å². The molecule has 1 aliphatic rings. The van der Waals surface area contributed by atoms with Gasteiger partial charge in [0.15, 0.2) is 5.82 Å². The van der Waals surface area contributed by atoms with Crippen molar-refractivity contribution in [1.29, 1.82) is 5.26 Å². The lowest BCUT2D eigenvalue weighted by Gasteiger charge is -2.14. The highest BCUT2D eigenvalue weighted by atomic mass is 16.1. The summed E-state index contributed by atoms with van der Waals surface area (Å²) in [5.74, 6) is 1.10. The fraction of sp³-hybridized carbons (Fsp3) is 0.263. The second kappa shape index (κ2) is 6.96. The van der Waals surface area contributed by atoms with Gasteiger partial charge in [-0.2, -0.15) is 15.0 Å². The maximum absolute atomic E-state index is 12.8. The van der Waals surface area contributed by atoms with Gasteiger partial charge < -0.3 is 5.32 Å². The lowest BCUT2D eigenvalue weighted by Crippen LogP contribution is -2.29. The largest absolute Gasteiger partial charge is 0.342 e. The van der Waals surface area contributed by atoms with E-state index in [0.29, 0.717) is 28.8 Å². The Hall–Kier alpha value is -3.60. The number of carbonyl (C=O) groups excluding carboxylic acids is 1. The quantitative estimate of drug-likeness (QED) is 0.748. The molecule has 2 heterocycles. The molecule has 1 aromatic carbocycles. The van der Waals surface area contributed by atoms with Crippen molar-refractivity contribution in [3.8, 4) is 12.0 Å². The number of amides is 1. The Kier molecular flexibility index (Phi) is 4.34. The minimum atomic E-state index is -0.418. The lowest BCUT2D eigenvalue weighted by molar-refractivity contribution is 0.0937. The van der Waals surface area contributed by atoms with E-state index in [-0.39, 0.29) is 5.91 Å². The predicted octanol–water partition coefficient (Wildman–Crippen LogP) is 2.30. The number of nitrogens with zero attached hydrogens (tertiary/aromatic N) is 6. The van der Waals surface area contributed by atoms with E-state index in [4.69, 9.17) is 0 Å². The summed E-state index contributed by atoms with van der Waals surface area (Å²) in [5, 5.41) is 16.3. The van der Waals surface area contributed by atoms with Gasteiger partial charge >= 0.3 is 0 Å². The van der Waals surface area contributed by atoms with E-state index >= 15 is 0 Å². The van der Waals surface area contributed by atoms with Crippen molar-refractivity contribution in [1.82, 2.24) is 30.0 Å². The van der Waals surface area contributed by atoms with Gasteiger partial charge in [-0.05, 0) is 55.5 Å². The average molecular weight is 359 g/mol. The van der Waals surface area contributed by atoms with Crippen LogP contribution in [0.15, 0.2) is 43.0 Å². The van der Waals surface area contributed by atoms with Crippen molar-refractivity contribution >= 4 is 5.91 Å². The van der Waals surface area contributed by atoms with Crippen LogP contribution in [-0.2, 0) is 0 Å². The van der Waals surface area contributed by atoms with Crippen molar-refractivity contribution in [2.75, 3.05) is 0 Å². The SMILES string of the molecule is C[C@H](NC(=O)c1cc(C#N)cc(C2CC2)c1)c1ncnn1-c1ncccn1. The van der Waals surface area contributed by atoms with Crippen molar-refractivity contribution in [2.24, 2.45) is 0 Å². The highest BCUT2D eigenvalue weighted by molar-refractivity contribution is 5.95. The number of carbonyl (C=O) groups is 1. The highest BCUT2D eigenvalue weighted by Crippen LogP contribution is 2.40. The lowest BCUT2D eigenvalue weighted by atomic mass is 10.0. The van der Waals surface area contributed by atoms with Crippen LogP contribution in [0, 0.1) is 11.3 Å². The zero-order chi connectivity index (χ0) is 18.8. The van der Waals surface area contributed by atoms with E-state index in [1.165, 1.54) is 11.0 Å². The van der Waals surface area contributed by atoms with Crippen LogP contribution in [0.25, 0.3) is 5.95 Å². The van der Waals surface area contributed by atoms with Crippen molar-refractivity contribution < 1.29 is 4.79 Å². The molecule has 0 saturated heterocycles. The molecule has 3 aromatic rings. The van der Waals surface area contributed by atoms with Crippen LogP contribution in [0.1, 0.15) is 59.0 Å². The van der Waals surface area contributed by atoms with Crippen LogP contribution in [0.4, 0.5) is 0 Å². The molecule has 1 N–H and O–H groups in total. The number of aromatic nitrogens is 5. The van der Waals surface area contributed by atoms with Gasteiger partial charge in [-0.1, -0.05) is 0 Å². The molecule has 0 spiro atoms. The fourth-order valence-corrected chi connectivity index (χ4v) is 2.94. The monoisotopic (exact) mass is 359 g/mol. The molecule has 1 fully saturated rings. The van der Waals surface area contributed by atoms with Crippen molar-refractivity contribution in [3.63, 3.8) is 0 Å². The second-order valence-corrected chi connectivity index (χ2v) is 6.50. The van der Waals surface area contributed by atoms with Crippen LogP contribution < -0.4 is 5.32 Å². The molecule has 1 atom stereocenters. The summed E-state index contributed by atoms with van der Waals surface area (Å²) in [5.41, 5.74) is 2.02. The molecule has 134 valence electrons. The summed E-state index contributed by atoms with van der Waals surface area (Å²) in [7, 11) is 0. The van der Waals surface area contributed by atoms with Gasteiger partial charge in [0.25, 0.3) is 11.9 Å². The molecule has 4 rings (SSSR count). The first-order chi connectivity index (χ1) is 13.2. The maximum Gasteiger partial charge on any atom is 0.252 e. The number of hydrogen-bond acceptors (Lipinski definition) is 6. The summed E-state index contributed by atoms with van der Waals surface area (Å²) < 4.78 is 1.49. The van der Waals surface area contributed by atoms with E-state index in [1.54, 1.807) is 24.5 Å². The molecule has 1 amide bonds. The Bertz CT molecular complexity index is 1020. The van der Waals surface area contributed by atoms with Crippen LogP contribution in [0.3, 0.4) is 0 Å². The zero-order valence-corrected chi connectivity index (χ0v) is 14.7. The molecule has 0 aliphatic heterocycles. The fourth-order valence-electron chi connectivity index (χ4n) is 2.94. The normalized spacial score (nSPS) is 14.4.